The Bertz CT molecular complexity index is 703. The number of β-amino-alcohol motifs (C(OH)–C–C–N with tert-alkyl or cyclic N) is 1. The molecule has 0 saturated carbocycles. The Morgan fingerprint density at radius 3 is 2.34 bits per heavy atom. The average molecular weight is 403 g/mol. The molecule has 0 aliphatic carbocycles. The summed E-state index contributed by atoms with van der Waals surface area (Å²) in [4.78, 5) is 8.56. The third-order valence-electron chi connectivity index (χ3n) is 4.63. The maximum absolute atomic E-state index is 10.1. The first kappa shape index (κ1) is 22.7. The lowest BCUT2D eigenvalue weighted by Crippen LogP contribution is -2.39. The van der Waals surface area contributed by atoms with Gasteiger partial charge in [-0.15, -0.1) is 0 Å². The first-order valence-corrected chi connectivity index (χ1v) is 9.71. The fraction of sp³-hybridized carbons (Fsp3) is 0.409. The van der Waals surface area contributed by atoms with Gasteiger partial charge in [0.1, 0.15) is 12.4 Å². The monoisotopic (exact) mass is 403 g/mol. The molecule has 2 aromatic carbocycles. The Labute approximate surface area is 170 Å². The first-order valence-electron chi connectivity index (χ1n) is 9.71. The van der Waals surface area contributed by atoms with Crippen molar-refractivity contribution in [1.29, 1.82) is 0 Å². The number of nitrogens with one attached hydrogen (secondary N) is 1. The molecule has 4 N–H and O–H groups in total. The zero-order valence-corrected chi connectivity index (χ0v) is 16.4. The molecule has 1 saturated heterocycles. The summed E-state index contributed by atoms with van der Waals surface area (Å²) in [6.07, 6.45) is -0.247. The van der Waals surface area contributed by atoms with Crippen molar-refractivity contribution in [3.05, 3.63) is 65.7 Å². The number of hydrogen-bond donors (Lipinski definition) is 4. The van der Waals surface area contributed by atoms with Gasteiger partial charge in [-0.2, -0.15) is 0 Å². The third kappa shape index (κ3) is 8.95. The van der Waals surface area contributed by atoms with Gasteiger partial charge in [-0.25, -0.2) is 4.79 Å². The second-order valence-corrected chi connectivity index (χ2v) is 6.71. The van der Waals surface area contributed by atoms with Crippen LogP contribution in [0.25, 0.3) is 0 Å². The van der Waals surface area contributed by atoms with Gasteiger partial charge in [-0.1, -0.05) is 42.5 Å². The van der Waals surface area contributed by atoms with Crippen LogP contribution in [0.2, 0.25) is 0 Å². The fourth-order valence-corrected chi connectivity index (χ4v) is 3.20. The van der Waals surface area contributed by atoms with Crippen LogP contribution in [-0.4, -0.2) is 60.5 Å². The van der Waals surface area contributed by atoms with Crippen LogP contribution < -0.4 is 10.1 Å². The van der Waals surface area contributed by atoms with Crippen LogP contribution >= 0.6 is 0 Å². The highest BCUT2D eigenvalue weighted by Crippen LogP contribution is 2.27. The summed E-state index contributed by atoms with van der Waals surface area (Å²) in [5, 5.41) is 27.2. The number of ether oxygens (including phenoxy) is 2. The van der Waals surface area contributed by atoms with Crippen molar-refractivity contribution in [1.82, 2.24) is 5.32 Å². The van der Waals surface area contributed by atoms with Gasteiger partial charge in [0.05, 0.1) is 19.3 Å². The van der Waals surface area contributed by atoms with Crippen LogP contribution in [0.1, 0.15) is 23.5 Å². The topological polar surface area (TPSA) is 108 Å². The quantitative estimate of drug-likeness (QED) is 0.502. The van der Waals surface area contributed by atoms with Crippen molar-refractivity contribution in [3.63, 3.8) is 0 Å². The van der Waals surface area contributed by atoms with Crippen molar-refractivity contribution >= 4 is 6.16 Å². The number of aliphatic hydroxyl groups excluding tert-OH is 1. The van der Waals surface area contributed by atoms with Crippen LogP contribution in [0, 0.1) is 0 Å². The minimum atomic E-state index is -1.83. The normalized spacial score (nSPS) is 18.4. The lowest BCUT2D eigenvalue weighted by atomic mass is 9.88. The van der Waals surface area contributed by atoms with Gasteiger partial charge in [-0.3, -0.25) is 0 Å². The molecule has 2 unspecified atom stereocenters. The Balaban J connectivity index is 0.000000687. The molecule has 1 fully saturated rings. The lowest BCUT2D eigenvalue weighted by Gasteiger charge is -2.28. The maximum atomic E-state index is 10.1. The second kappa shape index (κ2) is 12.8. The van der Waals surface area contributed by atoms with Gasteiger partial charge >= 0.3 is 6.16 Å². The van der Waals surface area contributed by atoms with Crippen LogP contribution in [0.15, 0.2) is 54.6 Å². The van der Waals surface area contributed by atoms with Crippen molar-refractivity contribution in [2.24, 2.45) is 0 Å². The zero-order valence-electron chi connectivity index (χ0n) is 16.4. The predicted octanol–water partition coefficient (Wildman–Crippen LogP) is 2.98. The summed E-state index contributed by atoms with van der Waals surface area (Å²) in [7, 11) is 0. The summed E-state index contributed by atoms with van der Waals surface area (Å²) < 4.78 is 11.4. The highest BCUT2D eigenvalue weighted by molar-refractivity contribution is 5.53. The molecule has 0 bridgehead atoms. The van der Waals surface area contributed by atoms with E-state index in [0.717, 1.165) is 25.1 Å². The van der Waals surface area contributed by atoms with E-state index in [9.17, 15) is 5.11 Å². The fourth-order valence-electron chi connectivity index (χ4n) is 3.20. The smallest absolute Gasteiger partial charge is 0.491 e. The second-order valence-electron chi connectivity index (χ2n) is 6.71. The van der Waals surface area contributed by atoms with Gasteiger partial charge in [0.15, 0.2) is 0 Å². The van der Waals surface area contributed by atoms with Crippen LogP contribution in [0.4, 0.5) is 4.79 Å². The maximum Gasteiger partial charge on any atom is 0.503 e. The summed E-state index contributed by atoms with van der Waals surface area (Å²) in [6, 6.07) is 18.4. The van der Waals surface area contributed by atoms with Crippen LogP contribution in [0.5, 0.6) is 5.75 Å². The zero-order chi connectivity index (χ0) is 20.9. The number of rotatable bonds is 8. The minimum Gasteiger partial charge on any atom is -0.491 e. The van der Waals surface area contributed by atoms with E-state index in [4.69, 9.17) is 24.5 Å². The van der Waals surface area contributed by atoms with E-state index in [0.29, 0.717) is 26.4 Å². The van der Waals surface area contributed by atoms with Gasteiger partial charge in [0.2, 0.25) is 0 Å². The van der Waals surface area contributed by atoms with E-state index < -0.39 is 6.16 Å². The number of hydrogen-bond acceptors (Lipinski definition) is 5. The average Bonchev–Trinajstić information content (AvgIpc) is 2.72. The van der Waals surface area contributed by atoms with Crippen molar-refractivity contribution in [2.45, 2.75) is 24.9 Å². The Morgan fingerprint density at radius 1 is 1.00 bits per heavy atom. The first-order chi connectivity index (χ1) is 14.1. The SMILES string of the molecule is O=C(O)O.OC1CNCCC1c1ccc(OCCOCCc2ccccc2)cc1. The molecule has 7 heteroatoms. The van der Waals surface area contributed by atoms with Crippen LogP contribution in [0.3, 0.4) is 0 Å². The Kier molecular flexibility index (Phi) is 9.99. The molecule has 3 rings (SSSR count). The minimum absolute atomic E-state index is 0.219. The van der Waals surface area contributed by atoms with Crippen molar-refractivity contribution in [2.75, 3.05) is 32.9 Å². The largest absolute Gasteiger partial charge is 0.503 e. The van der Waals surface area contributed by atoms with Gasteiger partial charge in [0.25, 0.3) is 0 Å². The summed E-state index contributed by atoms with van der Waals surface area (Å²) in [5.41, 5.74) is 2.47. The molecule has 2 aromatic rings. The molecular weight excluding hydrogens is 374 g/mol. The van der Waals surface area contributed by atoms with E-state index in [2.05, 4.69) is 29.6 Å². The van der Waals surface area contributed by atoms with E-state index in [1.54, 1.807) is 0 Å². The Hall–Kier alpha value is -2.61. The van der Waals surface area contributed by atoms with Gasteiger partial charge < -0.3 is 30.1 Å². The molecule has 1 aliphatic heterocycles. The molecule has 0 amide bonds. The molecule has 0 aromatic heterocycles. The van der Waals surface area contributed by atoms with Crippen molar-refractivity contribution < 1.29 is 29.6 Å². The lowest BCUT2D eigenvalue weighted by molar-refractivity contribution is 0.102. The van der Waals surface area contributed by atoms with Gasteiger partial charge in [-0.05, 0) is 42.6 Å². The molecule has 1 heterocycles. The molecule has 29 heavy (non-hydrogen) atoms. The molecule has 0 spiro atoms. The highest BCUT2D eigenvalue weighted by atomic mass is 16.6. The number of carboxylic acid groups (broad SMARTS) is 2. The van der Waals surface area contributed by atoms with Crippen molar-refractivity contribution in [3.8, 4) is 5.75 Å². The van der Waals surface area contributed by atoms with Crippen LogP contribution in [-0.2, 0) is 11.2 Å². The molecule has 0 radical (unpaired) electrons. The van der Waals surface area contributed by atoms with E-state index >= 15 is 0 Å². The highest BCUT2D eigenvalue weighted by Gasteiger charge is 2.24. The molecule has 2 atom stereocenters. The van der Waals surface area contributed by atoms with E-state index in [1.165, 1.54) is 11.1 Å². The van der Waals surface area contributed by atoms with E-state index in [1.807, 2.05) is 30.3 Å². The van der Waals surface area contributed by atoms with E-state index in [-0.39, 0.29) is 12.0 Å². The summed E-state index contributed by atoms with van der Waals surface area (Å²) in [5.74, 6) is 1.07. The molecule has 158 valence electrons. The summed E-state index contributed by atoms with van der Waals surface area (Å²) >= 11 is 0. The number of aliphatic hydroxyl groups is 1. The summed E-state index contributed by atoms with van der Waals surface area (Å²) in [6.45, 7) is 3.47. The Morgan fingerprint density at radius 2 is 1.69 bits per heavy atom. The molecular formula is C22H29NO6. The number of piperidine rings is 1. The predicted molar refractivity (Wildman–Crippen MR) is 110 cm³/mol. The molecule has 1 aliphatic rings. The number of benzene rings is 2. The third-order valence-corrected chi connectivity index (χ3v) is 4.63. The van der Waals surface area contributed by atoms with Gasteiger partial charge in [0, 0.05) is 12.5 Å². The standard InChI is InChI=1S/C21H27NO3.CH2O3/c23-21-16-22-12-10-20(21)18-6-8-19(9-7-18)25-15-14-24-13-11-17-4-2-1-3-5-17;2-1(3)4/h1-9,20-23H,10-16H2;(H2,2,3,4). The molecule has 7 nitrogen and oxygen atoms in total. The number of carbonyl (C=O) groups is 1.